The number of nitrogens with zero attached hydrogens (tertiary/aromatic N) is 2. The standard InChI is InChI=1S/C21H20BrN3O/c1-15-11-20(25-9-2-3-10-25)8-7-16(15)12-17(14-23)21(26)24-19-6-4-5-18(22)13-19/h4-8,11-13H,2-3,9-10H2,1H3,(H,24,26)/b17-12-. The second-order valence-corrected chi connectivity index (χ2v) is 7.29. The first-order valence-corrected chi connectivity index (χ1v) is 9.40. The van der Waals surface area contributed by atoms with Crippen molar-refractivity contribution in [3.05, 3.63) is 63.6 Å². The van der Waals surface area contributed by atoms with Crippen LogP contribution in [0.25, 0.3) is 6.08 Å². The molecular weight excluding hydrogens is 390 g/mol. The first kappa shape index (κ1) is 18.2. The number of rotatable bonds is 4. The van der Waals surface area contributed by atoms with E-state index in [1.807, 2.05) is 31.2 Å². The van der Waals surface area contributed by atoms with Gasteiger partial charge in [0.15, 0.2) is 0 Å². The van der Waals surface area contributed by atoms with Crippen molar-refractivity contribution in [3.63, 3.8) is 0 Å². The van der Waals surface area contributed by atoms with Gasteiger partial charge in [0.25, 0.3) is 5.91 Å². The lowest BCUT2D eigenvalue weighted by Gasteiger charge is -2.18. The minimum Gasteiger partial charge on any atom is -0.372 e. The Kier molecular flexibility index (Phi) is 5.75. The Bertz CT molecular complexity index is 892. The van der Waals surface area contributed by atoms with Crippen molar-refractivity contribution < 1.29 is 4.79 Å². The van der Waals surface area contributed by atoms with Crippen LogP contribution >= 0.6 is 15.9 Å². The van der Waals surface area contributed by atoms with Crippen molar-refractivity contribution in [2.24, 2.45) is 0 Å². The van der Waals surface area contributed by atoms with Crippen molar-refractivity contribution in [2.45, 2.75) is 19.8 Å². The van der Waals surface area contributed by atoms with E-state index in [1.54, 1.807) is 18.2 Å². The van der Waals surface area contributed by atoms with Crippen LogP contribution in [0.1, 0.15) is 24.0 Å². The van der Waals surface area contributed by atoms with Gasteiger partial charge in [0.2, 0.25) is 0 Å². The summed E-state index contributed by atoms with van der Waals surface area (Å²) in [5.41, 5.74) is 3.87. The fraction of sp³-hybridized carbons (Fsp3) is 0.238. The Morgan fingerprint density at radius 2 is 2.00 bits per heavy atom. The maximum Gasteiger partial charge on any atom is 0.266 e. The van der Waals surface area contributed by atoms with Crippen LogP contribution in [0.3, 0.4) is 0 Å². The van der Waals surface area contributed by atoms with E-state index in [1.165, 1.54) is 18.5 Å². The minimum atomic E-state index is -0.409. The summed E-state index contributed by atoms with van der Waals surface area (Å²) in [5.74, 6) is -0.409. The monoisotopic (exact) mass is 409 g/mol. The molecule has 0 radical (unpaired) electrons. The van der Waals surface area contributed by atoms with E-state index in [-0.39, 0.29) is 5.57 Å². The van der Waals surface area contributed by atoms with Crippen LogP contribution in [0, 0.1) is 18.3 Å². The fourth-order valence-electron chi connectivity index (χ4n) is 3.06. The number of hydrogen-bond acceptors (Lipinski definition) is 3. The highest BCUT2D eigenvalue weighted by Crippen LogP contribution is 2.24. The molecule has 1 aliphatic rings. The van der Waals surface area contributed by atoms with Gasteiger partial charge in [-0.25, -0.2) is 0 Å². The number of carbonyl (C=O) groups excluding carboxylic acids is 1. The Labute approximate surface area is 162 Å². The second-order valence-electron chi connectivity index (χ2n) is 6.37. The van der Waals surface area contributed by atoms with E-state index in [0.717, 1.165) is 28.7 Å². The van der Waals surface area contributed by atoms with Gasteiger partial charge in [-0.3, -0.25) is 4.79 Å². The van der Waals surface area contributed by atoms with Gasteiger partial charge in [0, 0.05) is 28.9 Å². The number of amides is 1. The normalized spacial score (nSPS) is 14.2. The first-order chi connectivity index (χ1) is 12.6. The smallest absolute Gasteiger partial charge is 0.266 e. The van der Waals surface area contributed by atoms with Crippen LogP contribution in [-0.2, 0) is 4.79 Å². The molecule has 4 nitrogen and oxygen atoms in total. The summed E-state index contributed by atoms with van der Waals surface area (Å²) in [5, 5.41) is 12.2. The molecule has 0 unspecified atom stereocenters. The number of halogens is 1. The van der Waals surface area contributed by atoms with Crippen LogP contribution in [-0.4, -0.2) is 19.0 Å². The molecule has 1 fully saturated rings. The molecule has 0 aromatic heterocycles. The quantitative estimate of drug-likeness (QED) is 0.576. The maximum absolute atomic E-state index is 12.4. The molecule has 1 saturated heterocycles. The van der Waals surface area contributed by atoms with Gasteiger partial charge in [-0.1, -0.05) is 28.1 Å². The van der Waals surface area contributed by atoms with Gasteiger partial charge in [0.1, 0.15) is 11.6 Å². The number of benzene rings is 2. The molecule has 0 bridgehead atoms. The molecule has 0 spiro atoms. The van der Waals surface area contributed by atoms with Crippen LogP contribution in [0.15, 0.2) is 52.5 Å². The molecule has 0 saturated carbocycles. The second kappa shape index (κ2) is 8.20. The number of hydrogen-bond donors (Lipinski definition) is 1. The number of carbonyl (C=O) groups is 1. The lowest BCUT2D eigenvalue weighted by Crippen LogP contribution is -2.17. The molecule has 1 heterocycles. The zero-order valence-corrected chi connectivity index (χ0v) is 16.2. The number of aryl methyl sites for hydroxylation is 1. The average Bonchev–Trinajstić information content (AvgIpc) is 3.15. The van der Waals surface area contributed by atoms with Gasteiger partial charge in [-0.15, -0.1) is 0 Å². The highest BCUT2D eigenvalue weighted by Gasteiger charge is 2.14. The van der Waals surface area contributed by atoms with Gasteiger partial charge in [-0.2, -0.15) is 5.26 Å². The molecule has 1 aliphatic heterocycles. The molecule has 132 valence electrons. The third-order valence-electron chi connectivity index (χ3n) is 4.47. The summed E-state index contributed by atoms with van der Waals surface area (Å²) < 4.78 is 0.867. The van der Waals surface area contributed by atoms with Crippen molar-refractivity contribution in [1.29, 1.82) is 5.26 Å². The van der Waals surface area contributed by atoms with E-state index in [4.69, 9.17) is 0 Å². The Morgan fingerprint density at radius 1 is 1.23 bits per heavy atom. The van der Waals surface area contributed by atoms with Gasteiger partial charge < -0.3 is 10.2 Å². The predicted molar refractivity (Wildman–Crippen MR) is 109 cm³/mol. The van der Waals surface area contributed by atoms with E-state index in [9.17, 15) is 10.1 Å². The van der Waals surface area contributed by atoms with Crippen LogP contribution in [0.5, 0.6) is 0 Å². The Morgan fingerprint density at radius 3 is 2.65 bits per heavy atom. The van der Waals surface area contributed by atoms with E-state index in [2.05, 4.69) is 38.3 Å². The Balaban J connectivity index is 1.79. The maximum atomic E-state index is 12.4. The molecule has 1 N–H and O–H groups in total. The highest BCUT2D eigenvalue weighted by molar-refractivity contribution is 9.10. The number of nitriles is 1. The summed E-state index contributed by atoms with van der Waals surface area (Å²) in [6.45, 7) is 4.19. The van der Waals surface area contributed by atoms with Gasteiger partial charge in [-0.05, 0) is 67.3 Å². The average molecular weight is 410 g/mol. The molecule has 1 amide bonds. The summed E-state index contributed by atoms with van der Waals surface area (Å²) in [7, 11) is 0. The van der Waals surface area contributed by atoms with Crippen molar-refractivity contribution in [1.82, 2.24) is 0 Å². The Hall–Kier alpha value is -2.58. The fourth-order valence-corrected chi connectivity index (χ4v) is 3.46. The topological polar surface area (TPSA) is 56.1 Å². The molecule has 5 heteroatoms. The van der Waals surface area contributed by atoms with Crippen LogP contribution in [0.2, 0.25) is 0 Å². The lowest BCUT2D eigenvalue weighted by molar-refractivity contribution is -0.112. The number of nitrogens with one attached hydrogen (secondary N) is 1. The van der Waals surface area contributed by atoms with Crippen LogP contribution in [0.4, 0.5) is 11.4 Å². The SMILES string of the molecule is Cc1cc(N2CCCC2)ccc1/C=C(/C#N)C(=O)Nc1cccc(Br)c1. The third-order valence-corrected chi connectivity index (χ3v) is 4.97. The number of anilines is 2. The molecule has 26 heavy (non-hydrogen) atoms. The third kappa shape index (κ3) is 4.33. The zero-order valence-electron chi connectivity index (χ0n) is 14.6. The molecule has 0 atom stereocenters. The first-order valence-electron chi connectivity index (χ1n) is 8.61. The lowest BCUT2D eigenvalue weighted by atomic mass is 10.0. The molecule has 2 aromatic carbocycles. The zero-order chi connectivity index (χ0) is 18.5. The van der Waals surface area contributed by atoms with Crippen molar-refractivity contribution >= 4 is 39.3 Å². The van der Waals surface area contributed by atoms with Gasteiger partial charge in [0.05, 0.1) is 0 Å². The molecule has 2 aromatic rings. The summed E-state index contributed by atoms with van der Waals surface area (Å²) in [6.07, 6.45) is 4.11. The van der Waals surface area contributed by atoms with Crippen molar-refractivity contribution in [3.8, 4) is 6.07 Å². The molecule has 3 rings (SSSR count). The van der Waals surface area contributed by atoms with Gasteiger partial charge >= 0.3 is 0 Å². The van der Waals surface area contributed by atoms with E-state index < -0.39 is 5.91 Å². The molecular formula is C21H20BrN3O. The largest absolute Gasteiger partial charge is 0.372 e. The minimum absolute atomic E-state index is 0.0852. The molecule has 0 aliphatic carbocycles. The summed E-state index contributed by atoms with van der Waals surface area (Å²) in [6, 6.07) is 15.5. The summed E-state index contributed by atoms with van der Waals surface area (Å²) in [4.78, 5) is 14.8. The van der Waals surface area contributed by atoms with E-state index in [0.29, 0.717) is 5.69 Å². The summed E-state index contributed by atoms with van der Waals surface area (Å²) >= 11 is 3.37. The highest BCUT2D eigenvalue weighted by atomic mass is 79.9. The predicted octanol–water partition coefficient (Wildman–Crippen LogP) is 4.90. The van der Waals surface area contributed by atoms with E-state index >= 15 is 0 Å². The van der Waals surface area contributed by atoms with Crippen LogP contribution < -0.4 is 10.2 Å². The van der Waals surface area contributed by atoms with Crippen molar-refractivity contribution in [2.75, 3.05) is 23.3 Å².